The summed E-state index contributed by atoms with van der Waals surface area (Å²) in [6.45, 7) is 0. The monoisotopic (exact) mass is 240 g/mol. The van der Waals surface area contributed by atoms with E-state index in [0.717, 1.165) is 10.9 Å². The normalized spacial score (nSPS) is 10.7. The molecule has 6 nitrogen and oxygen atoms in total. The fraction of sp³-hybridized carbons (Fsp3) is 0. The van der Waals surface area contributed by atoms with Gasteiger partial charge in [0.25, 0.3) is 5.69 Å². The van der Waals surface area contributed by atoms with E-state index >= 15 is 0 Å². The Bertz CT molecular complexity index is 721. The van der Waals surface area contributed by atoms with E-state index in [1.54, 1.807) is 30.7 Å². The first-order valence-electron chi connectivity index (χ1n) is 5.29. The fourth-order valence-corrected chi connectivity index (χ4v) is 1.91. The molecule has 0 saturated carbocycles. The van der Waals surface area contributed by atoms with Crippen molar-refractivity contribution in [2.24, 2.45) is 0 Å². The molecule has 1 N–H and O–H groups in total. The van der Waals surface area contributed by atoms with Crippen LogP contribution in [0.25, 0.3) is 22.3 Å². The molecule has 1 aromatic carbocycles. The minimum Gasteiger partial charge on any atom is -0.355 e. The summed E-state index contributed by atoms with van der Waals surface area (Å²) in [7, 11) is 0. The van der Waals surface area contributed by atoms with Crippen LogP contribution < -0.4 is 0 Å². The number of nitrogens with one attached hydrogen (secondary N) is 1. The van der Waals surface area contributed by atoms with Crippen molar-refractivity contribution in [1.82, 2.24) is 15.0 Å². The van der Waals surface area contributed by atoms with Crippen LogP contribution in [0.1, 0.15) is 0 Å². The van der Waals surface area contributed by atoms with Crippen molar-refractivity contribution >= 4 is 16.6 Å². The molecule has 0 atom stereocenters. The standard InChI is InChI=1S/C12H8N4O2/c17-16(18)10-4-1-3-8-9(7-15-11(8)10)12-13-5-2-6-14-12/h1-7,15H. The predicted octanol–water partition coefficient (Wildman–Crippen LogP) is 2.53. The second kappa shape index (κ2) is 3.92. The molecule has 0 aliphatic rings. The number of nitro benzene ring substituents is 1. The lowest BCUT2D eigenvalue weighted by Crippen LogP contribution is -1.89. The number of hydrogen-bond acceptors (Lipinski definition) is 4. The summed E-state index contributed by atoms with van der Waals surface area (Å²) < 4.78 is 0. The molecular weight excluding hydrogens is 232 g/mol. The highest BCUT2D eigenvalue weighted by atomic mass is 16.6. The van der Waals surface area contributed by atoms with Gasteiger partial charge < -0.3 is 4.98 Å². The van der Waals surface area contributed by atoms with Crippen LogP contribution in [0.15, 0.2) is 42.9 Å². The lowest BCUT2D eigenvalue weighted by Gasteiger charge is -1.97. The SMILES string of the molecule is O=[N+]([O-])c1cccc2c(-c3ncccn3)c[nH]c12. The van der Waals surface area contributed by atoms with Crippen molar-refractivity contribution < 1.29 is 4.92 Å². The summed E-state index contributed by atoms with van der Waals surface area (Å²) in [5, 5.41) is 11.7. The zero-order chi connectivity index (χ0) is 12.5. The fourth-order valence-electron chi connectivity index (χ4n) is 1.91. The van der Waals surface area contributed by atoms with Crippen LogP contribution in [0.5, 0.6) is 0 Å². The van der Waals surface area contributed by atoms with Gasteiger partial charge in [-0.05, 0) is 6.07 Å². The van der Waals surface area contributed by atoms with E-state index in [-0.39, 0.29) is 5.69 Å². The largest absolute Gasteiger partial charge is 0.355 e. The minimum absolute atomic E-state index is 0.0506. The van der Waals surface area contributed by atoms with Crippen LogP contribution in [-0.4, -0.2) is 19.9 Å². The maximum absolute atomic E-state index is 10.9. The second-order valence-corrected chi connectivity index (χ2v) is 3.73. The Morgan fingerprint density at radius 3 is 2.67 bits per heavy atom. The summed E-state index contributed by atoms with van der Waals surface area (Å²) in [5.41, 5.74) is 1.30. The first-order valence-corrected chi connectivity index (χ1v) is 5.29. The van der Waals surface area contributed by atoms with Crippen LogP contribution >= 0.6 is 0 Å². The van der Waals surface area contributed by atoms with Gasteiger partial charge in [-0.25, -0.2) is 9.97 Å². The van der Waals surface area contributed by atoms with Crippen molar-refractivity contribution in [3.8, 4) is 11.4 Å². The second-order valence-electron chi connectivity index (χ2n) is 3.73. The number of nitrogens with zero attached hydrogens (tertiary/aromatic N) is 3. The molecule has 0 aliphatic heterocycles. The Morgan fingerprint density at radius 2 is 1.94 bits per heavy atom. The molecule has 6 heteroatoms. The molecule has 3 rings (SSSR count). The molecule has 0 bridgehead atoms. The molecule has 2 aromatic heterocycles. The number of aromatic nitrogens is 3. The Kier molecular flexibility index (Phi) is 2.26. The Balaban J connectivity index is 2.28. The highest BCUT2D eigenvalue weighted by Crippen LogP contribution is 2.31. The zero-order valence-electron chi connectivity index (χ0n) is 9.20. The van der Waals surface area contributed by atoms with Crippen molar-refractivity contribution in [2.75, 3.05) is 0 Å². The molecule has 2 heterocycles. The smallest absolute Gasteiger partial charge is 0.293 e. The third-order valence-corrected chi connectivity index (χ3v) is 2.70. The van der Waals surface area contributed by atoms with Crippen molar-refractivity contribution in [2.45, 2.75) is 0 Å². The number of nitro groups is 1. The lowest BCUT2D eigenvalue weighted by molar-refractivity contribution is -0.383. The highest BCUT2D eigenvalue weighted by molar-refractivity contribution is 5.98. The number of fused-ring (bicyclic) bond motifs is 1. The molecule has 0 unspecified atom stereocenters. The topological polar surface area (TPSA) is 84.7 Å². The molecule has 18 heavy (non-hydrogen) atoms. The average molecular weight is 240 g/mol. The van der Waals surface area contributed by atoms with Gasteiger partial charge in [0.1, 0.15) is 5.52 Å². The Labute approximate surface area is 101 Å². The minimum atomic E-state index is -0.408. The van der Waals surface area contributed by atoms with Gasteiger partial charge in [-0.1, -0.05) is 12.1 Å². The van der Waals surface area contributed by atoms with Crippen molar-refractivity contribution in [3.05, 3.63) is 53.0 Å². The van der Waals surface area contributed by atoms with Gasteiger partial charge in [-0.3, -0.25) is 10.1 Å². The first-order chi connectivity index (χ1) is 8.77. The summed E-state index contributed by atoms with van der Waals surface area (Å²) in [6, 6.07) is 6.65. The maximum atomic E-state index is 10.9. The summed E-state index contributed by atoms with van der Waals surface area (Å²) in [4.78, 5) is 21.7. The quantitative estimate of drug-likeness (QED) is 0.551. The molecule has 3 aromatic rings. The van der Waals surface area contributed by atoms with E-state index in [1.807, 2.05) is 6.07 Å². The molecule has 0 amide bonds. The number of para-hydroxylation sites is 1. The van der Waals surface area contributed by atoms with Crippen LogP contribution in [0.3, 0.4) is 0 Å². The van der Waals surface area contributed by atoms with Gasteiger partial charge in [0.05, 0.1) is 4.92 Å². The van der Waals surface area contributed by atoms with Crippen LogP contribution in [0.2, 0.25) is 0 Å². The van der Waals surface area contributed by atoms with E-state index < -0.39 is 4.92 Å². The number of non-ortho nitro benzene ring substituents is 1. The maximum Gasteiger partial charge on any atom is 0.293 e. The van der Waals surface area contributed by atoms with Gasteiger partial charge in [0.15, 0.2) is 5.82 Å². The molecule has 88 valence electrons. The zero-order valence-corrected chi connectivity index (χ0v) is 9.20. The molecule has 0 aliphatic carbocycles. The van der Waals surface area contributed by atoms with Gasteiger partial charge in [0.2, 0.25) is 0 Å². The summed E-state index contributed by atoms with van der Waals surface area (Å²) in [5.74, 6) is 0.546. The van der Waals surface area contributed by atoms with E-state index in [0.29, 0.717) is 11.3 Å². The van der Waals surface area contributed by atoms with Gasteiger partial charge >= 0.3 is 0 Å². The van der Waals surface area contributed by atoms with Crippen LogP contribution in [0, 0.1) is 10.1 Å². The van der Waals surface area contributed by atoms with Crippen LogP contribution in [-0.2, 0) is 0 Å². The van der Waals surface area contributed by atoms with E-state index in [2.05, 4.69) is 15.0 Å². The predicted molar refractivity (Wildman–Crippen MR) is 66.0 cm³/mol. The third kappa shape index (κ3) is 1.51. The van der Waals surface area contributed by atoms with Crippen LogP contribution in [0.4, 0.5) is 5.69 Å². The number of benzene rings is 1. The Morgan fingerprint density at radius 1 is 1.17 bits per heavy atom. The average Bonchev–Trinajstić information content (AvgIpc) is 2.83. The Hall–Kier alpha value is -2.76. The van der Waals surface area contributed by atoms with Gasteiger partial charge in [0, 0.05) is 35.6 Å². The third-order valence-electron chi connectivity index (χ3n) is 2.70. The van der Waals surface area contributed by atoms with E-state index in [1.165, 1.54) is 6.07 Å². The van der Waals surface area contributed by atoms with Gasteiger partial charge in [-0.15, -0.1) is 0 Å². The summed E-state index contributed by atoms with van der Waals surface area (Å²) in [6.07, 6.45) is 4.96. The molecule has 0 saturated heterocycles. The number of rotatable bonds is 2. The number of H-pyrrole nitrogens is 1. The number of hydrogen-bond donors (Lipinski definition) is 1. The first kappa shape index (κ1) is 10.4. The van der Waals surface area contributed by atoms with E-state index in [4.69, 9.17) is 0 Å². The van der Waals surface area contributed by atoms with E-state index in [9.17, 15) is 10.1 Å². The number of aromatic amines is 1. The molecular formula is C12H8N4O2. The molecule has 0 fully saturated rings. The summed E-state index contributed by atoms with van der Waals surface area (Å²) >= 11 is 0. The van der Waals surface area contributed by atoms with Crippen molar-refractivity contribution in [3.63, 3.8) is 0 Å². The highest BCUT2D eigenvalue weighted by Gasteiger charge is 2.16. The van der Waals surface area contributed by atoms with Gasteiger partial charge in [-0.2, -0.15) is 0 Å². The molecule has 0 radical (unpaired) electrons. The van der Waals surface area contributed by atoms with Crippen molar-refractivity contribution in [1.29, 1.82) is 0 Å². The molecule has 0 spiro atoms. The lowest BCUT2D eigenvalue weighted by atomic mass is 10.1.